The summed E-state index contributed by atoms with van der Waals surface area (Å²) < 4.78 is 5.32. The van der Waals surface area contributed by atoms with E-state index in [9.17, 15) is 0 Å². The molecule has 2 aliphatic carbocycles. The van der Waals surface area contributed by atoms with Crippen molar-refractivity contribution in [3.05, 3.63) is 11.7 Å². The molecule has 2 N–H and O–H groups in total. The van der Waals surface area contributed by atoms with Crippen LogP contribution in [0.15, 0.2) is 4.52 Å². The molecule has 2 aliphatic rings. The van der Waals surface area contributed by atoms with Gasteiger partial charge in [0.2, 0.25) is 5.89 Å². The second kappa shape index (κ2) is 3.30. The molecule has 15 heavy (non-hydrogen) atoms. The molecule has 82 valence electrons. The monoisotopic (exact) mass is 207 g/mol. The summed E-state index contributed by atoms with van der Waals surface area (Å²) in [4.78, 5) is 4.48. The first-order valence-electron chi connectivity index (χ1n) is 5.91. The van der Waals surface area contributed by atoms with Crippen molar-refractivity contribution in [1.29, 1.82) is 0 Å². The zero-order valence-electron chi connectivity index (χ0n) is 8.91. The highest BCUT2D eigenvalue weighted by atomic mass is 16.5. The SMILES string of the molecule is NC1(c2nc(C3CCC3)no2)CCCC1. The summed E-state index contributed by atoms with van der Waals surface area (Å²) in [5, 5.41) is 4.06. The summed E-state index contributed by atoms with van der Waals surface area (Å²) in [5.74, 6) is 2.09. The fourth-order valence-electron chi connectivity index (χ4n) is 2.49. The number of aromatic nitrogens is 2. The number of nitrogens with zero attached hydrogens (tertiary/aromatic N) is 2. The van der Waals surface area contributed by atoms with Gasteiger partial charge in [-0.3, -0.25) is 0 Å². The van der Waals surface area contributed by atoms with Crippen LogP contribution in [-0.4, -0.2) is 10.1 Å². The molecule has 0 bridgehead atoms. The molecule has 4 heteroatoms. The molecule has 0 aromatic carbocycles. The largest absolute Gasteiger partial charge is 0.337 e. The van der Waals surface area contributed by atoms with Crippen molar-refractivity contribution in [3.63, 3.8) is 0 Å². The molecule has 1 heterocycles. The Kier molecular flexibility index (Phi) is 2.06. The Hall–Kier alpha value is -0.900. The maximum absolute atomic E-state index is 6.26. The first-order chi connectivity index (χ1) is 7.28. The first kappa shape index (κ1) is 9.33. The topological polar surface area (TPSA) is 64.9 Å². The van der Waals surface area contributed by atoms with E-state index in [1.54, 1.807) is 0 Å². The number of hydrogen-bond donors (Lipinski definition) is 1. The van der Waals surface area contributed by atoms with Gasteiger partial charge in [0, 0.05) is 5.92 Å². The van der Waals surface area contributed by atoms with Gasteiger partial charge in [0.25, 0.3) is 0 Å². The first-order valence-corrected chi connectivity index (χ1v) is 5.91. The molecule has 0 spiro atoms. The van der Waals surface area contributed by atoms with Crippen molar-refractivity contribution in [2.45, 2.75) is 56.4 Å². The van der Waals surface area contributed by atoms with Crippen LogP contribution in [0.4, 0.5) is 0 Å². The summed E-state index contributed by atoms with van der Waals surface area (Å²) in [6, 6.07) is 0. The lowest BCUT2D eigenvalue weighted by atomic mass is 9.85. The quantitative estimate of drug-likeness (QED) is 0.806. The molecule has 2 fully saturated rings. The minimum atomic E-state index is -0.324. The second-order valence-electron chi connectivity index (χ2n) is 4.95. The average Bonchev–Trinajstić information content (AvgIpc) is 2.71. The summed E-state index contributed by atoms with van der Waals surface area (Å²) in [5.41, 5.74) is 5.93. The van der Waals surface area contributed by atoms with E-state index in [0.29, 0.717) is 11.8 Å². The van der Waals surface area contributed by atoms with Gasteiger partial charge < -0.3 is 10.3 Å². The lowest BCUT2D eigenvalue weighted by molar-refractivity contribution is 0.280. The van der Waals surface area contributed by atoms with Gasteiger partial charge in [0.1, 0.15) is 0 Å². The fraction of sp³-hybridized carbons (Fsp3) is 0.818. The summed E-state index contributed by atoms with van der Waals surface area (Å²) in [6.45, 7) is 0. The van der Waals surface area contributed by atoms with Crippen LogP contribution in [0.25, 0.3) is 0 Å². The third-order valence-electron chi connectivity index (χ3n) is 3.83. The Morgan fingerprint density at radius 2 is 1.93 bits per heavy atom. The highest BCUT2D eigenvalue weighted by Gasteiger charge is 2.37. The van der Waals surface area contributed by atoms with Gasteiger partial charge in [-0.15, -0.1) is 0 Å². The van der Waals surface area contributed by atoms with E-state index in [1.165, 1.54) is 32.1 Å². The van der Waals surface area contributed by atoms with Crippen LogP contribution in [-0.2, 0) is 5.54 Å². The molecule has 3 rings (SSSR count). The van der Waals surface area contributed by atoms with E-state index in [2.05, 4.69) is 10.1 Å². The maximum atomic E-state index is 6.26. The van der Waals surface area contributed by atoms with Crippen molar-refractivity contribution >= 4 is 0 Å². The Labute approximate surface area is 89.2 Å². The van der Waals surface area contributed by atoms with Crippen LogP contribution in [0.1, 0.15) is 62.6 Å². The molecule has 0 radical (unpaired) electrons. The molecule has 0 saturated heterocycles. The summed E-state index contributed by atoms with van der Waals surface area (Å²) in [6.07, 6.45) is 8.03. The Morgan fingerprint density at radius 3 is 2.53 bits per heavy atom. The van der Waals surface area contributed by atoms with E-state index in [0.717, 1.165) is 18.7 Å². The molecule has 1 aromatic heterocycles. The van der Waals surface area contributed by atoms with Gasteiger partial charge in [0.05, 0.1) is 5.54 Å². The van der Waals surface area contributed by atoms with Gasteiger partial charge >= 0.3 is 0 Å². The standard InChI is InChI=1S/C11H17N3O/c12-11(6-1-2-7-11)10-13-9(14-15-10)8-4-3-5-8/h8H,1-7,12H2. The minimum absolute atomic E-state index is 0.324. The zero-order chi connectivity index (χ0) is 10.3. The van der Waals surface area contributed by atoms with Crippen LogP contribution in [0, 0.1) is 0 Å². The van der Waals surface area contributed by atoms with E-state index >= 15 is 0 Å². The molecular formula is C11H17N3O. The van der Waals surface area contributed by atoms with Crippen molar-refractivity contribution in [2.75, 3.05) is 0 Å². The second-order valence-corrected chi connectivity index (χ2v) is 4.95. The molecule has 0 aliphatic heterocycles. The normalized spacial score (nSPS) is 25.4. The van der Waals surface area contributed by atoms with Crippen LogP contribution in [0.2, 0.25) is 0 Å². The van der Waals surface area contributed by atoms with Gasteiger partial charge in [0.15, 0.2) is 5.82 Å². The third-order valence-corrected chi connectivity index (χ3v) is 3.83. The molecule has 0 amide bonds. The van der Waals surface area contributed by atoms with Crippen LogP contribution >= 0.6 is 0 Å². The molecule has 2 saturated carbocycles. The lowest BCUT2D eigenvalue weighted by Gasteiger charge is -2.21. The van der Waals surface area contributed by atoms with Gasteiger partial charge in [-0.05, 0) is 25.7 Å². The van der Waals surface area contributed by atoms with Gasteiger partial charge in [-0.2, -0.15) is 4.98 Å². The predicted octanol–water partition coefficient (Wildman–Crippen LogP) is 2.07. The van der Waals surface area contributed by atoms with E-state index < -0.39 is 0 Å². The Bertz CT molecular complexity index is 350. The zero-order valence-corrected chi connectivity index (χ0v) is 8.91. The smallest absolute Gasteiger partial charge is 0.246 e. The van der Waals surface area contributed by atoms with Crippen LogP contribution in [0.5, 0.6) is 0 Å². The summed E-state index contributed by atoms with van der Waals surface area (Å²) >= 11 is 0. The van der Waals surface area contributed by atoms with Gasteiger partial charge in [-0.25, -0.2) is 0 Å². The van der Waals surface area contributed by atoms with E-state index in [1.807, 2.05) is 0 Å². The summed E-state index contributed by atoms with van der Waals surface area (Å²) in [7, 11) is 0. The number of hydrogen-bond acceptors (Lipinski definition) is 4. The van der Waals surface area contributed by atoms with Crippen LogP contribution in [0.3, 0.4) is 0 Å². The van der Waals surface area contributed by atoms with Gasteiger partial charge in [-0.1, -0.05) is 24.4 Å². The predicted molar refractivity (Wildman–Crippen MR) is 55.2 cm³/mol. The number of nitrogens with two attached hydrogens (primary N) is 1. The number of rotatable bonds is 2. The highest BCUT2D eigenvalue weighted by Crippen LogP contribution is 2.38. The van der Waals surface area contributed by atoms with Crippen LogP contribution < -0.4 is 5.73 Å². The van der Waals surface area contributed by atoms with E-state index in [-0.39, 0.29) is 5.54 Å². The molecule has 0 atom stereocenters. The molecular weight excluding hydrogens is 190 g/mol. The Balaban J connectivity index is 1.82. The lowest BCUT2D eigenvalue weighted by Crippen LogP contribution is -2.33. The van der Waals surface area contributed by atoms with Crippen molar-refractivity contribution in [2.24, 2.45) is 5.73 Å². The third kappa shape index (κ3) is 1.47. The molecule has 4 nitrogen and oxygen atoms in total. The minimum Gasteiger partial charge on any atom is -0.337 e. The van der Waals surface area contributed by atoms with Crippen molar-refractivity contribution in [3.8, 4) is 0 Å². The molecule has 0 unspecified atom stereocenters. The van der Waals surface area contributed by atoms with Crippen molar-refractivity contribution < 1.29 is 4.52 Å². The molecule has 1 aromatic rings. The van der Waals surface area contributed by atoms with Crippen molar-refractivity contribution in [1.82, 2.24) is 10.1 Å². The fourth-order valence-corrected chi connectivity index (χ4v) is 2.49. The maximum Gasteiger partial charge on any atom is 0.246 e. The van der Waals surface area contributed by atoms with E-state index in [4.69, 9.17) is 10.3 Å². The Morgan fingerprint density at radius 1 is 1.20 bits per heavy atom. The average molecular weight is 207 g/mol. The highest BCUT2D eigenvalue weighted by molar-refractivity contribution is 5.08.